The summed E-state index contributed by atoms with van der Waals surface area (Å²) in [4.78, 5) is 87.9. The van der Waals surface area contributed by atoms with Gasteiger partial charge in [0.2, 0.25) is 18.0 Å². The quantitative estimate of drug-likeness (QED) is 0.0429. The van der Waals surface area contributed by atoms with Crippen LogP contribution in [0.2, 0.25) is 0 Å². The molecule has 1 aromatic carbocycles. The fourth-order valence-corrected chi connectivity index (χ4v) is 8.79. The number of benzene rings is 1. The monoisotopic (exact) mass is 785 g/mol. The highest BCUT2D eigenvalue weighted by Crippen LogP contribution is 2.46. The van der Waals surface area contributed by atoms with E-state index in [9.17, 15) is 33.9 Å². The van der Waals surface area contributed by atoms with Gasteiger partial charge in [-0.05, 0) is 18.2 Å². The Labute approximate surface area is 309 Å². The number of carbonyl (C=O) groups excluding carboxylic acids is 5. The molecule has 0 spiro atoms. The van der Waals surface area contributed by atoms with Gasteiger partial charge in [0.15, 0.2) is 16.0 Å². The number of thioether (sulfide) groups is 2. The standard InChI is InChI=1S/C28H27N13O9S3/c29-22-33-16-2-1-14(7-17(16)34-22)27(30,36-23(45)39-4-5-40(25(39)46)38-15-3-6-49-8-15)19(43)35-28(31-11-42)20(44)41-18(50-26(47)48)13(9-51-21(28)41)10-52-24-37-32-12-53-24/h1-3,6-7,11-12,21H,4-5,8-10,30H2,(H,31,42)(H,35,43)(H,36,45)(H,47,48)(H3,29,33,34)/t21-,27?,28+/m0/s1. The van der Waals surface area contributed by atoms with Gasteiger partial charge in [-0.15, -0.1) is 22.0 Å². The van der Waals surface area contributed by atoms with Crippen LogP contribution in [-0.4, -0.2) is 124 Å². The topological polar surface area (TPSA) is 306 Å². The number of fused-ring (bicyclic) bond motifs is 2. The highest BCUT2D eigenvalue weighted by atomic mass is 32.2. The smallest absolute Gasteiger partial charge is 0.495 e. The van der Waals surface area contributed by atoms with Crippen molar-refractivity contribution in [2.75, 3.05) is 36.9 Å². The highest BCUT2D eigenvalue weighted by Gasteiger charge is 2.67. The van der Waals surface area contributed by atoms with E-state index in [0.717, 1.165) is 26.6 Å². The molecular formula is C28H27N13O9S3. The molecule has 7 rings (SSSR count). The second-order valence-electron chi connectivity index (χ2n) is 11.5. The molecule has 0 aliphatic carbocycles. The number of urea groups is 2. The number of nitrogens with one attached hydrogen (secondary N) is 4. The lowest BCUT2D eigenvalue weighted by atomic mass is 9.93. The van der Waals surface area contributed by atoms with Crippen LogP contribution in [0, 0.1) is 0 Å². The molecule has 3 atom stereocenters. The van der Waals surface area contributed by atoms with Crippen molar-refractivity contribution in [3.8, 4) is 0 Å². The minimum absolute atomic E-state index is 0.0248. The zero-order valence-electron chi connectivity index (χ0n) is 26.9. The largest absolute Gasteiger partial charge is 0.512 e. The molecule has 0 bridgehead atoms. The third-order valence-corrected chi connectivity index (χ3v) is 11.6. The Balaban J connectivity index is 1.19. The van der Waals surface area contributed by atoms with Crippen LogP contribution in [0.1, 0.15) is 5.56 Å². The number of carboxylic acid groups (broad SMARTS) is 1. The zero-order chi connectivity index (χ0) is 37.5. The molecule has 9 N–H and O–H groups in total. The summed E-state index contributed by atoms with van der Waals surface area (Å²) in [6, 6.07) is 2.36. The third-order valence-electron chi connectivity index (χ3n) is 8.28. The van der Waals surface area contributed by atoms with Crippen molar-refractivity contribution in [3.05, 3.63) is 53.1 Å². The third kappa shape index (κ3) is 6.42. The molecule has 22 nitrogen and oxygen atoms in total. The van der Waals surface area contributed by atoms with E-state index in [-0.39, 0.29) is 60.5 Å². The number of imidazole rings is 1. The number of amides is 7. The van der Waals surface area contributed by atoms with Crippen molar-refractivity contribution in [2.45, 2.75) is 21.0 Å². The first-order valence-electron chi connectivity index (χ1n) is 15.3. The van der Waals surface area contributed by atoms with E-state index in [4.69, 9.17) is 20.9 Å². The maximum atomic E-state index is 14.4. The number of aromatic amines is 1. The molecule has 7 amide bonds. The summed E-state index contributed by atoms with van der Waals surface area (Å²) in [6.45, 7) is 0.0371. The molecule has 4 aliphatic heterocycles. The lowest BCUT2D eigenvalue weighted by Crippen LogP contribution is -2.86. The molecular weight excluding hydrogens is 759 g/mol. The number of hydrogen-bond donors (Lipinski definition) is 7. The summed E-state index contributed by atoms with van der Waals surface area (Å²) >= 11 is 3.60. The van der Waals surface area contributed by atoms with Crippen LogP contribution in [0.3, 0.4) is 0 Å². The maximum absolute atomic E-state index is 14.4. The molecule has 53 heavy (non-hydrogen) atoms. The molecule has 3 aromatic rings. The SMILES string of the molecule is Nc1nc2cc(C(N)(NC(=O)N3CCN(N=C4C=COC4)C3=O)C(=O)N[C@]3(NC=O)C(=O)N4C(OC(=O)O)=C(CSc5nncs5)CS[C@H]43)ccc2[nH]1. The summed E-state index contributed by atoms with van der Waals surface area (Å²) in [5, 5.41) is 28.6. The minimum Gasteiger partial charge on any atom is -0.495 e. The number of H-pyrrole nitrogens is 1. The van der Waals surface area contributed by atoms with Crippen LogP contribution in [0.5, 0.6) is 0 Å². The van der Waals surface area contributed by atoms with Crippen molar-refractivity contribution in [1.29, 1.82) is 0 Å². The predicted octanol–water partition coefficient (Wildman–Crippen LogP) is -0.373. The van der Waals surface area contributed by atoms with Gasteiger partial charge in [0.05, 0.1) is 30.4 Å². The number of hydrogen-bond acceptors (Lipinski definition) is 17. The molecule has 4 aliphatic rings. The van der Waals surface area contributed by atoms with Crippen molar-refractivity contribution < 1.29 is 43.3 Å². The highest BCUT2D eigenvalue weighted by molar-refractivity contribution is 8.01. The summed E-state index contributed by atoms with van der Waals surface area (Å²) in [5.41, 5.74) is 10.9. The molecule has 0 radical (unpaired) electrons. The maximum Gasteiger partial charge on any atom is 0.512 e. The fraction of sp³-hybridized carbons (Fsp3) is 0.286. The van der Waals surface area contributed by atoms with Gasteiger partial charge < -0.3 is 41.2 Å². The number of nitrogens with two attached hydrogens (primary N) is 2. The summed E-state index contributed by atoms with van der Waals surface area (Å²) < 4.78 is 10.7. The number of anilines is 1. The van der Waals surface area contributed by atoms with Crippen LogP contribution in [0.25, 0.3) is 11.0 Å². The second-order valence-corrected chi connectivity index (χ2v) is 14.6. The average molecular weight is 786 g/mol. The summed E-state index contributed by atoms with van der Waals surface area (Å²) in [5.74, 6) is -2.11. The fourth-order valence-electron chi connectivity index (χ4n) is 5.78. The Hall–Kier alpha value is -5.92. The van der Waals surface area contributed by atoms with Gasteiger partial charge in [0.1, 0.15) is 23.2 Å². The van der Waals surface area contributed by atoms with E-state index >= 15 is 0 Å². The Kier molecular flexibility index (Phi) is 9.31. The zero-order valence-corrected chi connectivity index (χ0v) is 29.3. The molecule has 2 saturated heterocycles. The number of β-lactam (4-membered cyclic amide) rings is 1. The van der Waals surface area contributed by atoms with E-state index in [1.807, 2.05) is 0 Å². The molecule has 25 heteroatoms. The van der Waals surface area contributed by atoms with E-state index in [1.165, 1.54) is 53.1 Å². The summed E-state index contributed by atoms with van der Waals surface area (Å²) in [7, 11) is 0. The van der Waals surface area contributed by atoms with Gasteiger partial charge >= 0.3 is 18.2 Å². The van der Waals surface area contributed by atoms with Gasteiger partial charge in [-0.2, -0.15) is 5.10 Å². The number of aromatic nitrogens is 4. The van der Waals surface area contributed by atoms with Gasteiger partial charge in [-0.1, -0.05) is 29.2 Å². The van der Waals surface area contributed by atoms with Crippen molar-refractivity contribution in [2.24, 2.45) is 10.8 Å². The molecule has 6 heterocycles. The van der Waals surface area contributed by atoms with Gasteiger partial charge in [0.25, 0.3) is 11.8 Å². The number of nitrogens with zero attached hydrogens (tertiary/aromatic N) is 7. The van der Waals surface area contributed by atoms with E-state index in [1.54, 1.807) is 6.08 Å². The number of rotatable bonds is 11. The molecule has 1 unspecified atom stereocenters. The van der Waals surface area contributed by atoms with Gasteiger partial charge in [-0.25, -0.2) is 29.3 Å². The Bertz CT molecular complexity index is 2130. The predicted molar refractivity (Wildman–Crippen MR) is 186 cm³/mol. The number of nitrogen functional groups attached to an aromatic ring is 1. The number of ether oxygens (including phenoxy) is 2. The molecule has 0 saturated carbocycles. The number of hydrazone groups is 1. The van der Waals surface area contributed by atoms with E-state index in [0.29, 0.717) is 21.1 Å². The Morgan fingerprint density at radius 3 is 2.85 bits per heavy atom. The Morgan fingerprint density at radius 1 is 1.30 bits per heavy atom. The number of imide groups is 1. The first-order chi connectivity index (χ1) is 25.4. The van der Waals surface area contributed by atoms with Crippen molar-refractivity contribution >= 4 is 94.0 Å². The van der Waals surface area contributed by atoms with Crippen LogP contribution >= 0.6 is 34.9 Å². The lowest BCUT2D eigenvalue weighted by molar-refractivity contribution is -0.164. The molecule has 2 fully saturated rings. The summed E-state index contributed by atoms with van der Waals surface area (Å²) in [6.07, 6.45) is 1.45. The van der Waals surface area contributed by atoms with E-state index in [2.05, 4.69) is 41.2 Å². The second kappa shape index (κ2) is 13.9. The van der Waals surface area contributed by atoms with Crippen LogP contribution < -0.4 is 27.4 Å². The minimum atomic E-state index is -2.53. The molecule has 276 valence electrons. The van der Waals surface area contributed by atoms with Crippen LogP contribution in [-0.2, 0) is 29.5 Å². The first-order valence-corrected chi connectivity index (χ1v) is 18.2. The van der Waals surface area contributed by atoms with Crippen molar-refractivity contribution in [3.63, 3.8) is 0 Å². The van der Waals surface area contributed by atoms with Crippen molar-refractivity contribution in [1.82, 2.24) is 50.9 Å². The van der Waals surface area contributed by atoms with Gasteiger partial charge in [0, 0.05) is 22.6 Å². The van der Waals surface area contributed by atoms with E-state index < -0.39 is 46.7 Å². The first kappa shape index (κ1) is 35.5. The normalized spacial score (nSPS) is 22.7. The van der Waals surface area contributed by atoms with Crippen LogP contribution in [0.4, 0.5) is 20.3 Å². The van der Waals surface area contributed by atoms with Gasteiger partial charge in [-0.3, -0.25) is 25.0 Å². The molecule has 2 aromatic heterocycles. The Morgan fingerprint density at radius 2 is 2.13 bits per heavy atom. The number of carbonyl (C=O) groups is 6. The lowest BCUT2D eigenvalue weighted by Gasteiger charge is -2.56. The average Bonchev–Trinajstić information content (AvgIpc) is 3.95. The van der Waals surface area contributed by atoms with Crippen LogP contribution in [0.15, 0.2) is 56.9 Å².